The maximum Gasteiger partial charge on any atom is 0.298 e. The Morgan fingerprint density at radius 3 is 2.50 bits per heavy atom. The molecule has 0 radical (unpaired) electrons. The average Bonchev–Trinajstić information content (AvgIpc) is 2.92. The fraction of sp³-hybridized carbons (Fsp3) is 0.357. The van der Waals surface area contributed by atoms with Crippen molar-refractivity contribution in [3.8, 4) is 5.75 Å². The second-order valence-corrected chi connectivity index (χ2v) is 4.67. The molecule has 82 valence electrons. The second kappa shape index (κ2) is 3.78. The maximum absolute atomic E-state index is 10.2. The van der Waals surface area contributed by atoms with Crippen molar-refractivity contribution >= 4 is 6.47 Å². The van der Waals surface area contributed by atoms with Gasteiger partial charge in [-0.05, 0) is 48.3 Å². The van der Waals surface area contributed by atoms with Crippen LogP contribution in [0.15, 0.2) is 36.4 Å². The summed E-state index contributed by atoms with van der Waals surface area (Å²) in [4.78, 5) is 10.2. The number of rotatable bonds is 3. The van der Waals surface area contributed by atoms with Crippen LogP contribution in [0.1, 0.15) is 24.3 Å². The first kappa shape index (κ1) is 9.64. The van der Waals surface area contributed by atoms with Crippen molar-refractivity contribution in [1.82, 2.24) is 0 Å². The molecule has 2 aliphatic rings. The zero-order chi connectivity index (χ0) is 11.0. The summed E-state index contributed by atoms with van der Waals surface area (Å²) >= 11 is 0. The molecule has 0 heterocycles. The first-order valence-electron chi connectivity index (χ1n) is 5.75. The molecule has 2 nitrogen and oxygen atoms in total. The lowest BCUT2D eigenvalue weighted by molar-refractivity contribution is -0.120. The highest BCUT2D eigenvalue weighted by molar-refractivity contribution is 5.45. The van der Waals surface area contributed by atoms with Crippen molar-refractivity contribution in [2.45, 2.75) is 18.8 Å². The first-order valence-corrected chi connectivity index (χ1v) is 5.75. The summed E-state index contributed by atoms with van der Waals surface area (Å²) in [7, 11) is 0. The normalized spacial score (nSPS) is 30.6. The summed E-state index contributed by atoms with van der Waals surface area (Å²) in [6.45, 7) is 0.468. The number of carbonyl (C=O) groups is 1. The molecule has 0 N–H and O–H groups in total. The predicted octanol–water partition coefficient (Wildman–Crippen LogP) is 2.90. The molecule has 0 amide bonds. The molecule has 0 spiro atoms. The number of benzene rings is 1. The highest BCUT2D eigenvalue weighted by atomic mass is 16.5. The molecular weight excluding hydrogens is 200 g/mol. The fourth-order valence-electron chi connectivity index (χ4n) is 3.01. The van der Waals surface area contributed by atoms with Gasteiger partial charge in [0.2, 0.25) is 0 Å². The summed E-state index contributed by atoms with van der Waals surface area (Å²) in [5, 5.41) is 0. The molecule has 16 heavy (non-hydrogen) atoms. The van der Waals surface area contributed by atoms with Crippen molar-refractivity contribution in [3.63, 3.8) is 0 Å². The van der Waals surface area contributed by atoms with E-state index in [0.717, 1.165) is 11.8 Å². The minimum atomic E-state index is 0.468. The van der Waals surface area contributed by atoms with E-state index in [-0.39, 0.29) is 0 Å². The average molecular weight is 214 g/mol. The largest absolute Gasteiger partial charge is 0.429 e. The Morgan fingerprint density at radius 2 is 1.94 bits per heavy atom. The Bertz CT molecular complexity index is 419. The van der Waals surface area contributed by atoms with E-state index in [1.165, 1.54) is 18.4 Å². The molecule has 0 aromatic heterocycles. The van der Waals surface area contributed by atoms with Crippen LogP contribution in [-0.2, 0) is 4.79 Å². The van der Waals surface area contributed by atoms with E-state index in [4.69, 9.17) is 4.74 Å². The second-order valence-electron chi connectivity index (χ2n) is 4.67. The van der Waals surface area contributed by atoms with Gasteiger partial charge in [-0.25, -0.2) is 0 Å². The van der Waals surface area contributed by atoms with Crippen LogP contribution >= 0.6 is 0 Å². The summed E-state index contributed by atoms with van der Waals surface area (Å²) in [6.07, 6.45) is 7.30. The van der Waals surface area contributed by atoms with Gasteiger partial charge in [0.25, 0.3) is 6.47 Å². The third-order valence-corrected chi connectivity index (χ3v) is 3.77. The van der Waals surface area contributed by atoms with Gasteiger partial charge in [-0.15, -0.1) is 0 Å². The van der Waals surface area contributed by atoms with E-state index in [1.54, 1.807) is 0 Å². The lowest BCUT2D eigenvalue weighted by Gasteiger charge is -2.18. The van der Waals surface area contributed by atoms with Gasteiger partial charge in [-0.1, -0.05) is 24.3 Å². The predicted molar refractivity (Wildman–Crippen MR) is 61.2 cm³/mol. The number of allylic oxidation sites excluding steroid dienone is 2. The highest BCUT2D eigenvalue weighted by Gasteiger charge is 2.36. The van der Waals surface area contributed by atoms with E-state index < -0.39 is 0 Å². The van der Waals surface area contributed by atoms with Gasteiger partial charge in [0.1, 0.15) is 5.75 Å². The van der Waals surface area contributed by atoms with Crippen molar-refractivity contribution in [2.75, 3.05) is 0 Å². The Morgan fingerprint density at radius 1 is 1.12 bits per heavy atom. The number of ether oxygens (including phenoxy) is 1. The molecule has 0 aliphatic heterocycles. The molecular formula is C14H14O2. The van der Waals surface area contributed by atoms with Crippen LogP contribution in [0.4, 0.5) is 0 Å². The summed E-state index contributed by atoms with van der Waals surface area (Å²) in [5.41, 5.74) is 1.37. The number of carbonyl (C=O) groups excluding carboxylic acids is 1. The van der Waals surface area contributed by atoms with Crippen LogP contribution in [0.3, 0.4) is 0 Å². The van der Waals surface area contributed by atoms with Gasteiger partial charge in [0, 0.05) is 0 Å². The van der Waals surface area contributed by atoms with E-state index in [9.17, 15) is 4.79 Å². The lowest BCUT2D eigenvalue weighted by atomic mass is 9.87. The number of fused-ring (bicyclic) bond motifs is 2. The highest BCUT2D eigenvalue weighted by Crippen LogP contribution is 2.48. The van der Waals surface area contributed by atoms with Gasteiger partial charge >= 0.3 is 0 Å². The molecule has 1 aromatic rings. The van der Waals surface area contributed by atoms with Gasteiger partial charge < -0.3 is 4.74 Å². The molecule has 3 rings (SSSR count). The molecule has 1 saturated carbocycles. The molecule has 1 fully saturated rings. The zero-order valence-corrected chi connectivity index (χ0v) is 9.00. The topological polar surface area (TPSA) is 26.3 Å². The zero-order valence-electron chi connectivity index (χ0n) is 9.00. The lowest BCUT2D eigenvalue weighted by Crippen LogP contribution is -2.04. The van der Waals surface area contributed by atoms with Crippen LogP contribution < -0.4 is 4.74 Å². The summed E-state index contributed by atoms with van der Waals surface area (Å²) < 4.78 is 4.79. The monoisotopic (exact) mass is 214 g/mol. The summed E-state index contributed by atoms with van der Waals surface area (Å²) in [6, 6.07) is 7.91. The Kier molecular flexibility index (Phi) is 2.28. The van der Waals surface area contributed by atoms with E-state index in [0.29, 0.717) is 18.1 Å². The molecule has 3 atom stereocenters. The Balaban J connectivity index is 1.80. The third-order valence-electron chi connectivity index (χ3n) is 3.77. The smallest absolute Gasteiger partial charge is 0.298 e. The van der Waals surface area contributed by atoms with Crippen molar-refractivity contribution in [1.29, 1.82) is 0 Å². The SMILES string of the molecule is O=COc1ccc(C2CC3C=CC2C3)cc1. The molecule has 0 saturated heterocycles. The van der Waals surface area contributed by atoms with Crippen molar-refractivity contribution in [3.05, 3.63) is 42.0 Å². The molecule has 2 heteroatoms. The molecule has 3 unspecified atom stereocenters. The molecule has 2 aliphatic carbocycles. The number of hydrogen-bond acceptors (Lipinski definition) is 2. The van der Waals surface area contributed by atoms with Crippen LogP contribution in [-0.4, -0.2) is 6.47 Å². The van der Waals surface area contributed by atoms with Gasteiger partial charge in [0.05, 0.1) is 0 Å². The fourth-order valence-corrected chi connectivity index (χ4v) is 3.01. The van der Waals surface area contributed by atoms with E-state index in [2.05, 4.69) is 24.3 Å². The van der Waals surface area contributed by atoms with Gasteiger partial charge in [-0.3, -0.25) is 4.79 Å². The van der Waals surface area contributed by atoms with Crippen molar-refractivity contribution < 1.29 is 9.53 Å². The van der Waals surface area contributed by atoms with Crippen LogP contribution in [0.5, 0.6) is 5.75 Å². The van der Waals surface area contributed by atoms with Gasteiger partial charge in [0.15, 0.2) is 0 Å². The number of hydrogen-bond donors (Lipinski definition) is 0. The minimum absolute atomic E-state index is 0.468. The molecule has 1 aromatic carbocycles. The molecule has 2 bridgehead atoms. The standard InChI is InChI=1S/C14H14O2/c15-9-16-13-5-3-11(4-6-13)14-8-10-1-2-12(14)7-10/h1-6,9-10,12,14H,7-8H2. The minimum Gasteiger partial charge on any atom is -0.429 e. The van der Waals surface area contributed by atoms with Gasteiger partial charge in [-0.2, -0.15) is 0 Å². The maximum atomic E-state index is 10.2. The van der Waals surface area contributed by atoms with E-state index in [1.807, 2.05) is 12.1 Å². The summed E-state index contributed by atoms with van der Waals surface area (Å²) in [5.74, 6) is 2.81. The van der Waals surface area contributed by atoms with Crippen molar-refractivity contribution in [2.24, 2.45) is 11.8 Å². The third kappa shape index (κ3) is 1.54. The quantitative estimate of drug-likeness (QED) is 0.571. The Labute approximate surface area is 94.9 Å². The van der Waals surface area contributed by atoms with Crippen LogP contribution in [0.2, 0.25) is 0 Å². The van der Waals surface area contributed by atoms with E-state index >= 15 is 0 Å². The van der Waals surface area contributed by atoms with Crippen LogP contribution in [0, 0.1) is 11.8 Å². The Hall–Kier alpha value is -1.57. The first-order chi connectivity index (χ1) is 7.86. The van der Waals surface area contributed by atoms with Crippen LogP contribution in [0.25, 0.3) is 0 Å².